The monoisotopic (exact) mass is 270 g/mol. The lowest BCUT2D eigenvalue weighted by atomic mass is 10.2. The number of nitrogens with one attached hydrogen (secondary N) is 1. The molecule has 0 fully saturated rings. The molecule has 0 atom stereocenters. The van der Waals surface area contributed by atoms with Gasteiger partial charge >= 0.3 is 5.97 Å². The Morgan fingerprint density at radius 2 is 2.00 bits per heavy atom. The van der Waals surface area contributed by atoms with Gasteiger partial charge in [-0.1, -0.05) is 17.7 Å². The normalized spacial score (nSPS) is 9.83. The summed E-state index contributed by atoms with van der Waals surface area (Å²) in [4.78, 5) is 36.1. The molecule has 0 aliphatic rings. The number of carboxylic acids is 1. The average Bonchev–Trinajstić information content (AvgIpc) is 2.35. The van der Waals surface area contributed by atoms with Crippen molar-refractivity contribution < 1.29 is 19.5 Å². The quantitative estimate of drug-likeness (QED) is 0.588. The Hall–Kier alpha value is -1.95. The lowest BCUT2D eigenvalue weighted by Crippen LogP contribution is -2.24. The first-order valence-corrected chi connectivity index (χ1v) is 5.50. The standard InChI is InChI=1S/C11H11ClN2O4/c12-9-3-1-7(5-13-9)6-14-10(16)4-2-8(15)11(17)18/h1,3,5H,2,4,6H2,(H,14,16)(H,17,18). The summed E-state index contributed by atoms with van der Waals surface area (Å²) in [6.45, 7) is 0.254. The van der Waals surface area contributed by atoms with E-state index in [1.165, 1.54) is 6.20 Å². The topological polar surface area (TPSA) is 96.4 Å². The van der Waals surface area contributed by atoms with Gasteiger partial charge in [0.15, 0.2) is 0 Å². The highest BCUT2D eigenvalue weighted by Gasteiger charge is 2.13. The Kier molecular flexibility index (Phi) is 5.26. The van der Waals surface area contributed by atoms with Crippen molar-refractivity contribution in [2.75, 3.05) is 0 Å². The van der Waals surface area contributed by atoms with Gasteiger partial charge in [-0.15, -0.1) is 0 Å². The smallest absolute Gasteiger partial charge is 0.372 e. The van der Waals surface area contributed by atoms with Crippen molar-refractivity contribution in [1.29, 1.82) is 0 Å². The number of ketones is 1. The second kappa shape index (κ2) is 6.70. The van der Waals surface area contributed by atoms with Crippen molar-refractivity contribution in [2.45, 2.75) is 19.4 Å². The molecule has 1 aromatic heterocycles. The molecule has 2 N–H and O–H groups in total. The van der Waals surface area contributed by atoms with E-state index in [-0.39, 0.29) is 25.3 Å². The molecular weight excluding hydrogens is 260 g/mol. The molecule has 1 aromatic rings. The number of nitrogens with zero attached hydrogens (tertiary/aromatic N) is 1. The van der Waals surface area contributed by atoms with Crippen LogP contribution in [0.3, 0.4) is 0 Å². The van der Waals surface area contributed by atoms with E-state index in [1.54, 1.807) is 12.1 Å². The molecule has 0 saturated carbocycles. The molecule has 1 amide bonds. The molecule has 0 radical (unpaired) electrons. The number of pyridine rings is 1. The maximum atomic E-state index is 11.3. The van der Waals surface area contributed by atoms with Gasteiger partial charge in [-0.2, -0.15) is 0 Å². The van der Waals surface area contributed by atoms with E-state index in [0.717, 1.165) is 5.56 Å². The van der Waals surface area contributed by atoms with E-state index in [1.807, 2.05) is 0 Å². The largest absolute Gasteiger partial charge is 0.476 e. The number of amides is 1. The number of carboxylic acid groups (broad SMARTS) is 1. The number of carbonyl (C=O) groups excluding carboxylic acids is 2. The minimum Gasteiger partial charge on any atom is -0.476 e. The van der Waals surface area contributed by atoms with Crippen LogP contribution in [0.4, 0.5) is 0 Å². The fourth-order valence-corrected chi connectivity index (χ4v) is 1.25. The van der Waals surface area contributed by atoms with Crippen molar-refractivity contribution in [3.8, 4) is 0 Å². The molecule has 6 nitrogen and oxygen atoms in total. The summed E-state index contributed by atoms with van der Waals surface area (Å²) in [6, 6.07) is 3.30. The molecule has 0 aliphatic heterocycles. The highest BCUT2D eigenvalue weighted by molar-refractivity contribution is 6.32. The van der Waals surface area contributed by atoms with E-state index in [4.69, 9.17) is 16.7 Å². The van der Waals surface area contributed by atoms with Gasteiger partial charge in [0.2, 0.25) is 11.7 Å². The maximum absolute atomic E-state index is 11.3. The van der Waals surface area contributed by atoms with E-state index in [0.29, 0.717) is 5.15 Å². The van der Waals surface area contributed by atoms with Crippen molar-refractivity contribution in [3.63, 3.8) is 0 Å². The summed E-state index contributed by atoms with van der Waals surface area (Å²) >= 11 is 5.60. The fraction of sp³-hybridized carbons (Fsp3) is 0.273. The summed E-state index contributed by atoms with van der Waals surface area (Å²) in [6.07, 6.45) is 1.07. The Morgan fingerprint density at radius 3 is 2.56 bits per heavy atom. The van der Waals surface area contributed by atoms with E-state index in [9.17, 15) is 14.4 Å². The summed E-state index contributed by atoms with van der Waals surface area (Å²) in [5, 5.41) is 11.2. The number of Topliss-reactive ketones (excluding diaryl/α,β-unsaturated/α-hetero) is 1. The van der Waals surface area contributed by atoms with Crippen molar-refractivity contribution in [1.82, 2.24) is 10.3 Å². The lowest BCUT2D eigenvalue weighted by Gasteiger charge is -2.04. The highest BCUT2D eigenvalue weighted by atomic mass is 35.5. The molecule has 1 heterocycles. The number of aliphatic carboxylic acids is 1. The minimum absolute atomic E-state index is 0.147. The predicted molar refractivity (Wildman–Crippen MR) is 63.0 cm³/mol. The molecule has 0 aliphatic carbocycles. The molecule has 1 rings (SSSR count). The first-order chi connectivity index (χ1) is 8.49. The molecule has 0 saturated heterocycles. The Morgan fingerprint density at radius 1 is 1.28 bits per heavy atom. The van der Waals surface area contributed by atoms with E-state index >= 15 is 0 Å². The molecule has 0 aromatic carbocycles. The van der Waals surface area contributed by atoms with Crippen LogP contribution < -0.4 is 5.32 Å². The predicted octanol–water partition coefficient (Wildman–Crippen LogP) is 0.785. The number of halogens is 1. The van der Waals surface area contributed by atoms with Crippen molar-refractivity contribution >= 4 is 29.3 Å². The third-order valence-corrected chi connectivity index (χ3v) is 2.32. The van der Waals surface area contributed by atoms with Crippen LogP contribution in [-0.4, -0.2) is 27.8 Å². The molecule has 0 unspecified atom stereocenters. The third kappa shape index (κ3) is 4.92. The molecule has 96 valence electrons. The van der Waals surface area contributed by atoms with Gasteiger partial charge in [0.1, 0.15) is 5.15 Å². The van der Waals surface area contributed by atoms with E-state index in [2.05, 4.69) is 10.3 Å². The highest BCUT2D eigenvalue weighted by Crippen LogP contribution is 2.04. The first kappa shape index (κ1) is 14.1. The van der Waals surface area contributed by atoms with Crippen LogP contribution >= 0.6 is 11.6 Å². The van der Waals surface area contributed by atoms with Crippen LogP contribution in [0, 0.1) is 0 Å². The van der Waals surface area contributed by atoms with Crippen LogP contribution in [0.2, 0.25) is 5.15 Å². The minimum atomic E-state index is -1.52. The summed E-state index contributed by atoms with van der Waals surface area (Å²) < 4.78 is 0. The number of aromatic nitrogens is 1. The molecule has 0 bridgehead atoms. The van der Waals surface area contributed by atoms with Gasteiger partial charge in [-0.3, -0.25) is 9.59 Å². The van der Waals surface area contributed by atoms with Gasteiger partial charge in [-0.25, -0.2) is 9.78 Å². The summed E-state index contributed by atoms with van der Waals surface area (Å²) in [5.74, 6) is -2.89. The van der Waals surface area contributed by atoms with Crippen LogP contribution in [0.15, 0.2) is 18.3 Å². The second-order valence-electron chi connectivity index (χ2n) is 3.49. The molecule has 18 heavy (non-hydrogen) atoms. The average molecular weight is 271 g/mol. The van der Waals surface area contributed by atoms with Gasteiger partial charge in [-0.05, 0) is 11.6 Å². The molecule has 0 spiro atoms. The van der Waals surface area contributed by atoms with Gasteiger partial charge in [0, 0.05) is 25.6 Å². The fourth-order valence-electron chi connectivity index (χ4n) is 1.13. The van der Waals surface area contributed by atoms with E-state index < -0.39 is 11.8 Å². The second-order valence-corrected chi connectivity index (χ2v) is 3.88. The summed E-state index contributed by atoms with van der Waals surface area (Å²) in [5.41, 5.74) is 0.761. The first-order valence-electron chi connectivity index (χ1n) is 5.12. The number of carbonyl (C=O) groups is 3. The summed E-state index contributed by atoms with van der Waals surface area (Å²) in [7, 11) is 0. The van der Waals surface area contributed by atoms with Gasteiger partial charge in [0.05, 0.1) is 0 Å². The number of hydrogen-bond acceptors (Lipinski definition) is 4. The van der Waals surface area contributed by atoms with Crippen molar-refractivity contribution in [3.05, 3.63) is 29.0 Å². The Bertz CT molecular complexity index is 459. The number of rotatable bonds is 6. The van der Waals surface area contributed by atoms with Gasteiger partial charge in [0.25, 0.3) is 0 Å². The van der Waals surface area contributed by atoms with Gasteiger partial charge < -0.3 is 10.4 Å². The van der Waals surface area contributed by atoms with Crippen LogP contribution in [0.25, 0.3) is 0 Å². The lowest BCUT2D eigenvalue weighted by molar-refractivity contribution is -0.149. The Labute approximate surface area is 108 Å². The van der Waals surface area contributed by atoms with Crippen molar-refractivity contribution in [2.24, 2.45) is 0 Å². The third-order valence-electron chi connectivity index (χ3n) is 2.10. The number of hydrogen-bond donors (Lipinski definition) is 2. The zero-order valence-electron chi connectivity index (χ0n) is 9.35. The molecular formula is C11H11ClN2O4. The SMILES string of the molecule is O=C(CCC(=O)C(=O)O)NCc1ccc(Cl)nc1. The maximum Gasteiger partial charge on any atom is 0.372 e. The van der Waals surface area contributed by atoms with Crippen LogP contribution in [0.5, 0.6) is 0 Å². The van der Waals surface area contributed by atoms with Crippen LogP contribution in [-0.2, 0) is 20.9 Å². The zero-order valence-corrected chi connectivity index (χ0v) is 10.1. The Balaban J connectivity index is 2.31. The zero-order chi connectivity index (χ0) is 13.5. The van der Waals surface area contributed by atoms with Crippen LogP contribution in [0.1, 0.15) is 18.4 Å². The molecule has 7 heteroatoms.